The molecule has 8 nitrogen and oxygen atoms in total. The number of nitrogens with zero attached hydrogens (tertiary/aromatic N) is 2. The van der Waals surface area contributed by atoms with Crippen LogP contribution in [0.15, 0.2) is 36.5 Å². The van der Waals surface area contributed by atoms with Crippen LogP contribution < -0.4 is 22.1 Å². The lowest BCUT2D eigenvalue weighted by molar-refractivity contribution is 0.0948. The number of aromatic nitrogens is 2. The van der Waals surface area contributed by atoms with Gasteiger partial charge in [0.2, 0.25) is 0 Å². The lowest BCUT2D eigenvalue weighted by Crippen LogP contribution is -2.37. The molecule has 0 unspecified atom stereocenters. The van der Waals surface area contributed by atoms with E-state index >= 15 is 0 Å². The molecule has 0 aliphatic rings. The van der Waals surface area contributed by atoms with Crippen molar-refractivity contribution in [3.8, 4) is 5.69 Å². The Balaban J connectivity index is 1.98. The third-order valence-corrected chi connectivity index (χ3v) is 2.72. The molecule has 0 radical (unpaired) electrons. The van der Waals surface area contributed by atoms with Crippen molar-refractivity contribution in [1.29, 1.82) is 0 Å². The monoisotopic (exact) mass is 288 g/mol. The predicted octanol–water partition coefficient (Wildman–Crippen LogP) is -0.147. The van der Waals surface area contributed by atoms with Gasteiger partial charge in [-0.1, -0.05) is 12.1 Å². The predicted molar refractivity (Wildman–Crippen MR) is 77.9 cm³/mol. The van der Waals surface area contributed by atoms with E-state index in [1.54, 1.807) is 24.4 Å². The van der Waals surface area contributed by atoms with E-state index in [0.717, 1.165) is 0 Å². The molecule has 0 aliphatic carbocycles. The summed E-state index contributed by atoms with van der Waals surface area (Å²) in [4.78, 5) is 22.3. The molecule has 1 aromatic carbocycles. The van der Waals surface area contributed by atoms with Gasteiger partial charge in [-0.05, 0) is 18.2 Å². The maximum atomic E-state index is 11.9. The third kappa shape index (κ3) is 3.72. The summed E-state index contributed by atoms with van der Waals surface area (Å²) in [5.74, 6) is -0.338. The number of carbonyl (C=O) groups excluding carboxylic acids is 2. The van der Waals surface area contributed by atoms with Crippen molar-refractivity contribution in [2.75, 3.05) is 18.8 Å². The van der Waals surface area contributed by atoms with E-state index in [-0.39, 0.29) is 24.7 Å². The van der Waals surface area contributed by atoms with Crippen molar-refractivity contribution in [1.82, 2.24) is 20.4 Å². The van der Waals surface area contributed by atoms with Crippen molar-refractivity contribution in [3.05, 3.63) is 42.2 Å². The Morgan fingerprint density at radius 3 is 2.57 bits per heavy atom. The lowest BCUT2D eigenvalue weighted by atomic mass is 10.3. The normalized spacial score (nSPS) is 10.1. The van der Waals surface area contributed by atoms with E-state index < -0.39 is 6.03 Å². The van der Waals surface area contributed by atoms with Gasteiger partial charge in [0, 0.05) is 19.3 Å². The minimum Gasteiger partial charge on any atom is -0.397 e. The first kappa shape index (κ1) is 14.4. The number of nitrogens with two attached hydrogens (primary N) is 2. The number of primary amides is 1. The summed E-state index contributed by atoms with van der Waals surface area (Å²) >= 11 is 0. The molecule has 0 saturated carbocycles. The maximum Gasteiger partial charge on any atom is 0.312 e. The minimum absolute atomic E-state index is 0.257. The molecule has 0 saturated heterocycles. The largest absolute Gasteiger partial charge is 0.397 e. The molecule has 0 atom stereocenters. The third-order valence-electron chi connectivity index (χ3n) is 2.72. The van der Waals surface area contributed by atoms with Gasteiger partial charge in [0.05, 0.1) is 11.4 Å². The maximum absolute atomic E-state index is 11.9. The second kappa shape index (κ2) is 6.42. The molecule has 0 spiro atoms. The van der Waals surface area contributed by atoms with Gasteiger partial charge in [-0.2, -0.15) is 5.10 Å². The topological polar surface area (TPSA) is 128 Å². The van der Waals surface area contributed by atoms with Crippen LogP contribution in [0.3, 0.4) is 0 Å². The fraction of sp³-hybridized carbons (Fsp3) is 0.154. The minimum atomic E-state index is -0.631. The van der Waals surface area contributed by atoms with E-state index in [4.69, 9.17) is 11.5 Å². The number of nitrogens with one attached hydrogen (secondary N) is 2. The molecule has 1 aromatic heterocycles. The summed E-state index contributed by atoms with van der Waals surface area (Å²) in [7, 11) is 0. The van der Waals surface area contributed by atoms with Crippen LogP contribution in [0.5, 0.6) is 0 Å². The number of anilines is 1. The molecule has 3 amide bonds. The number of rotatable bonds is 5. The van der Waals surface area contributed by atoms with Gasteiger partial charge in [0.15, 0.2) is 5.69 Å². The summed E-state index contributed by atoms with van der Waals surface area (Å²) in [5.41, 5.74) is 12.3. The van der Waals surface area contributed by atoms with Crippen LogP contribution in [0.4, 0.5) is 10.5 Å². The second-order valence-electron chi connectivity index (χ2n) is 4.25. The Morgan fingerprint density at radius 2 is 1.86 bits per heavy atom. The summed E-state index contributed by atoms with van der Waals surface area (Å²) in [6, 6.07) is 8.17. The first-order valence-electron chi connectivity index (χ1n) is 6.30. The average molecular weight is 288 g/mol. The first-order chi connectivity index (χ1) is 10.1. The summed E-state index contributed by atoms with van der Waals surface area (Å²) in [5, 5.41) is 9.16. The van der Waals surface area contributed by atoms with Crippen LogP contribution in [-0.4, -0.2) is 34.8 Å². The number of para-hydroxylation sites is 2. The Hall–Kier alpha value is -3.03. The Morgan fingerprint density at radius 1 is 1.14 bits per heavy atom. The van der Waals surface area contributed by atoms with Crippen LogP contribution >= 0.6 is 0 Å². The van der Waals surface area contributed by atoms with Crippen LogP contribution in [0.2, 0.25) is 0 Å². The van der Waals surface area contributed by atoms with Crippen LogP contribution in [0.25, 0.3) is 5.69 Å². The fourth-order valence-corrected chi connectivity index (χ4v) is 1.73. The van der Waals surface area contributed by atoms with E-state index in [1.807, 2.05) is 12.1 Å². The Labute approximate surface area is 121 Å². The van der Waals surface area contributed by atoms with Crippen molar-refractivity contribution in [2.45, 2.75) is 0 Å². The molecular weight excluding hydrogens is 272 g/mol. The van der Waals surface area contributed by atoms with Gasteiger partial charge >= 0.3 is 6.03 Å². The van der Waals surface area contributed by atoms with Gasteiger partial charge < -0.3 is 22.1 Å². The van der Waals surface area contributed by atoms with E-state index in [1.165, 1.54) is 4.68 Å². The lowest BCUT2D eigenvalue weighted by Gasteiger charge is -2.05. The highest BCUT2D eigenvalue weighted by Crippen LogP contribution is 2.15. The van der Waals surface area contributed by atoms with Crippen LogP contribution in [0.1, 0.15) is 10.5 Å². The number of hydrogen-bond acceptors (Lipinski definition) is 4. The van der Waals surface area contributed by atoms with Crippen molar-refractivity contribution in [3.63, 3.8) is 0 Å². The number of amides is 3. The number of benzene rings is 1. The highest BCUT2D eigenvalue weighted by Gasteiger charge is 2.10. The number of carbonyl (C=O) groups is 2. The summed E-state index contributed by atoms with van der Waals surface area (Å²) < 4.78 is 1.53. The molecule has 21 heavy (non-hydrogen) atoms. The van der Waals surface area contributed by atoms with Gasteiger partial charge in [0.1, 0.15) is 0 Å². The highest BCUT2D eigenvalue weighted by molar-refractivity contribution is 5.92. The van der Waals surface area contributed by atoms with E-state index in [9.17, 15) is 9.59 Å². The Kier molecular flexibility index (Phi) is 4.39. The van der Waals surface area contributed by atoms with Gasteiger partial charge in [-0.25, -0.2) is 9.48 Å². The molecule has 8 heteroatoms. The van der Waals surface area contributed by atoms with Crippen molar-refractivity contribution >= 4 is 17.6 Å². The fourth-order valence-electron chi connectivity index (χ4n) is 1.73. The van der Waals surface area contributed by atoms with Gasteiger partial charge in [-0.15, -0.1) is 0 Å². The average Bonchev–Trinajstić information content (AvgIpc) is 2.93. The quantitative estimate of drug-likeness (QED) is 0.450. The van der Waals surface area contributed by atoms with Gasteiger partial charge in [-0.3, -0.25) is 4.79 Å². The summed E-state index contributed by atoms with van der Waals surface area (Å²) in [6.45, 7) is 0.523. The molecule has 2 aromatic rings. The summed E-state index contributed by atoms with van der Waals surface area (Å²) in [6.07, 6.45) is 1.66. The zero-order valence-electron chi connectivity index (χ0n) is 11.2. The molecule has 110 valence electrons. The first-order valence-corrected chi connectivity index (χ1v) is 6.30. The standard InChI is InChI=1S/C13H16N6O2/c14-9-3-1-2-4-11(9)19-8-5-10(18-19)12(20)16-6-7-17-13(15)21/h1-5,8H,6-7,14H2,(H,16,20)(H3,15,17,21). The molecule has 6 N–H and O–H groups in total. The molecular formula is C13H16N6O2. The number of nitrogen functional groups attached to an aromatic ring is 1. The SMILES string of the molecule is NC(=O)NCCNC(=O)c1ccn(-c2ccccc2N)n1. The molecule has 0 fully saturated rings. The number of hydrogen-bond donors (Lipinski definition) is 4. The van der Waals surface area contributed by atoms with E-state index in [0.29, 0.717) is 11.4 Å². The smallest absolute Gasteiger partial charge is 0.312 e. The van der Waals surface area contributed by atoms with E-state index in [2.05, 4.69) is 15.7 Å². The molecule has 0 aliphatic heterocycles. The molecule has 0 bridgehead atoms. The molecule has 1 heterocycles. The number of urea groups is 1. The van der Waals surface area contributed by atoms with Gasteiger partial charge in [0.25, 0.3) is 5.91 Å². The highest BCUT2D eigenvalue weighted by atomic mass is 16.2. The van der Waals surface area contributed by atoms with Crippen LogP contribution in [-0.2, 0) is 0 Å². The zero-order valence-corrected chi connectivity index (χ0v) is 11.2. The Bertz CT molecular complexity index is 652. The second-order valence-corrected chi connectivity index (χ2v) is 4.25. The van der Waals surface area contributed by atoms with Crippen LogP contribution in [0, 0.1) is 0 Å². The van der Waals surface area contributed by atoms with Crippen molar-refractivity contribution < 1.29 is 9.59 Å². The van der Waals surface area contributed by atoms with Crippen molar-refractivity contribution in [2.24, 2.45) is 5.73 Å². The zero-order chi connectivity index (χ0) is 15.2. The molecule has 2 rings (SSSR count).